The van der Waals surface area contributed by atoms with E-state index < -0.39 is 12.1 Å². The van der Waals surface area contributed by atoms with Gasteiger partial charge in [-0.3, -0.25) is 0 Å². The van der Waals surface area contributed by atoms with Crippen molar-refractivity contribution in [1.82, 2.24) is 0 Å². The Balaban J connectivity index is 2.62. The summed E-state index contributed by atoms with van der Waals surface area (Å²) in [6.07, 6.45) is 0.0255. The molecule has 0 aromatic heterocycles. The van der Waals surface area contributed by atoms with Gasteiger partial charge in [0.2, 0.25) is 0 Å². The van der Waals surface area contributed by atoms with Crippen molar-refractivity contribution in [3.63, 3.8) is 0 Å². The molecule has 0 bridgehead atoms. The smallest absolute Gasteiger partial charge is 0.0917 e. The molecule has 0 radical (unpaired) electrons. The van der Waals surface area contributed by atoms with Gasteiger partial charge in [-0.1, -0.05) is 12.0 Å². The minimum absolute atomic E-state index is 0.110. The highest BCUT2D eigenvalue weighted by molar-refractivity contribution is 4.88. The van der Waals surface area contributed by atoms with Crippen molar-refractivity contribution in [1.29, 1.82) is 0 Å². The zero-order valence-corrected chi connectivity index (χ0v) is 6.34. The first-order chi connectivity index (χ1) is 5.29. The average molecular weight is 157 g/mol. The Bertz CT molecular complexity index is 179. The molecule has 0 unspecified atom stereocenters. The van der Waals surface area contributed by atoms with E-state index in [-0.39, 0.29) is 12.7 Å². The van der Waals surface area contributed by atoms with E-state index in [1.807, 2.05) is 6.92 Å². The summed E-state index contributed by atoms with van der Waals surface area (Å²) in [6, 6.07) is -0.398. The molecule has 0 aromatic rings. The van der Waals surface area contributed by atoms with Gasteiger partial charge in [-0.05, 0) is 12.0 Å². The molecule has 0 aromatic carbocycles. The van der Waals surface area contributed by atoms with Crippen molar-refractivity contribution in [3.8, 4) is 0 Å². The second-order valence-electron chi connectivity index (χ2n) is 2.54. The third-order valence-electron chi connectivity index (χ3n) is 1.84. The van der Waals surface area contributed by atoms with Crippen LogP contribution in [0.1, 0.15) is 13.3 Å². The van der Waals surface area contributed by atoms with E-state index in [0.29, 0.717) is 0 Å². The molecule has 1 aliphatic rings. The Hall–Kier alpha value is -0.770. The number of hydrogen-bond acceptors (Lipinski definition) is 3. The van der Waals surface area contributed by atoms with Gasteiger partial charge in [-0.25, -0.2) is 0 Å². The van der Waals surface area contributed by atoms with E-state index >= 15 is 0 Å². The number of azide groups is 1. The molecule has 1 aliphatic heterocycles. The minimum Gasteiger partial charge on any atom is -0.390 e. The SMILES string of the molecule is CC[C@@H]1OC[C@@H](O)[C@H]1N=[N+]=[N-]. The van der Waals surface area contributed by atoms with Crippen LogP contribution >= 0.6 is 0 Å². The summed E-state index contributed by atoms with van der Waals surface area (Å²) < 4.78 is 5.16. The Morgan fingerprint density at radius 3 is 3.09 bits per heavy atom. The highest BCUT2D eigenvalue weighted by atomic mass is 16.5. The number of aliphatic hydroxyl groups is 1. The lowest BCUT2D eigenvalue weighted by Crippen LogP contribution is -2.27. The van der Waals surface area contributed by atoms with Gasteiger partial charge < -0.3 is 9.84 Å². The number of rotatable bonds is 2. The van der Waals surface area contributed by atoms with Crippen molar-refractivity contribution >= 4 is 0 Å². The number of nitrogens with zero attached hydrogens (tertiary/aromatic N) is 3. The van der Waals surface area contributed by atoms with E-state index in [4.69, 9.17) is 10.3 Å². The molecule has 62 valence electrons. The molecule has 0 aliphatic carbocycles. The summed E-state index contributed by atoms with van der Waals surface area (Å²) in [5.41, 5.74) is 8.15. The van der Waals surface area contributed by atoms with Crippen molar-refractivity contribution in [2.45, 2.75) is 31.6 Å². The van der Waals surface area contributed by atoms with Crippen molar-refractivity contribution in [2.75, 3.05) is 6.61 Å². The van der Waals surface area contributed by atoms with Gasteiger partial charge in [-0.15, -0.1) is 0 Å². The highest BCUT2D eigenvalue weighted by Gasteiger charge is 2.33. The van der Waals surface area contributed by atoms with Crippen LogP contribution in [-0.4, -0.2) is 30.0 Å². The summed E-state index contributed by atoms with van der Waals surface area (Å²) in [5, 5.41) is 12.7. The third kappa shape index (κ3) is 1.63. The fraction of sp³-hybridized carbons (Fsp3) is 1.00. The molecule has 5 nitrogen and oxygen atoms in total. The highest BCUT2D eigenvalue weighted by Crippen LogP contribution is 2.20. The van der Waals surface area contributed by atoms with E-state index in [1.54, 1.807) is 0 Å². The molecule has 5 heteroatoms. The fourth-order valence-electron chi connectivity index (χ4n) is 1.24. The molecular weight excluding hydrogens is 146 g/mol. The zero-order chi connectivity index (χ0) is 8.27. The van der Waals surface area contributed by atoms with Crippen LogP contribution in [0.5, 0.6) is 0 Å². The molecular formula is C6H11N3O2. The first-order valence-corrected chi connectivity index (χ1v) is 3.63. The summed E-state index contributed by atoms with van der Waals surface area (Å²) in [4.78, 5) is 2.65. The Morgan fingerprint density at radius 2 is 2.55 bits per heavy atom. The molecule has 1 N–H and O–H groups in total. The summed E-state index contributed by atoms with van der Waals surface area (Å²) in [6.45, 7) is 2.21. The third-order valence-corrected chi connectivity index (χ3v) is 1.84. The summed E-state index contributed by atoms with van der Waals surface area (Å²) in [7, 11) is 0. The standard InChI is InChI=1S/C6H11N3O2/c1-2-5-6(8-9-7)4(10)3-11-5/h4-6,10H,2-3H2,1H3/t4-,5+,6-/m1/s1. The molecule has 11 heavy (non-hydrogen) atoms. The van der Waals surface area contributed by atoms with Crippen LogP contribution in [0.2, 0.25) is 0 Å². The fourth-order valence-corrected chi connectivity index (χ4v) is 1.24. The van der Waals surface area contributed by atoms with E-state index in [1.165, 1.54) is 0 Å². The lowest BCUT2D eigenvalue weighted by Gasteiger charge is -2.11. The van der Waals surface area contributed by atoms with Gasteiger partial charge in [0.25, 0.3) is 0 Å². The largest absolute Gasteiger partial charge is 0.390 e. The normalized spacial score (nSPS) is 36.7. The molecule has 0 spiro atoms. The van der Waals surface area contributed by atoms with Crippen molar-refractivity contribution in [2.24, 2.45) is 5.11 Å². The monoisotopic (exact) mass is 157 g/mol. The predicted octanol–water partition coefficient (Wildman–Crippen LogP) is 0.835. The van der Waals surface area contributed by atoms with Crippen LogP contribution in [0.25, 0.3) is 10.4 Å². The lowest BCUT2D eigenvalue weighted by atomic mass is 10.1. The van der Waals surface area contributed by atoms with Crippen LogP contribution in [0.3, 0.4) is 0 Å². The van der Waals surface area contributed by atoms with Crippen molar-refractivity contribution in [3.05, 3.63) is 10.4 Å². The van der Waals surface area contributed by atoms with Crippen LogP contribution < -0.4 is 0 Å². The second-order valence-corrected chi connectivity index (χ2v) is 2.54. The Kier molecular flexibility index (Phi) is 2.70. The maximum Gasteiger partial charge on any atom is 0.0917 e. The molecule has 1 heterocycles. The second kappa shape index (κ2) is 3.57. The topological polar surface area (TPSA) is 78.2 Å². The van der Waals surface area contributed by atoms with E-state index in [0.717, 1.165) is 6.42 Å². The van der Waals surface area contributed by atoms with Gasteiger partial charge in [0.15, 0.2) is 0 Å². The van der Waals surface area contributed by atoms with Gasteiger partial charge in [0.1, 0.15) is 0 Å². The van der Waals surface area contributed by atoms with Crippen molar-refractivity contribution < 1.29 is 9.84 Å². The zero-order valence-electron chi connectivity index (χ0n) is 6.34. The first kappa shape index (κ1) is 8.33. The van der Waals surface area contributed by atoms with Crippen LogP contribution in [0.4, 0.5) is 0 Å². The average Bonchev–Trinajstić information content (AvgIpc) is 2.34. The van der Waals surface area contributed by atoms with Crippen LogP contribution in [-0.2, 0) is 4.74 Å². The van der Waals surface area contributed by atoms with E-state index in [9.17, 15) is 5.11 Å². The molecule has 1 saturated heterocycles. The predicted molar refractivity (Wildman–Crippen MR) is 39.0 cm³/mol. The quantitative estimate of drug-likeness (QED) is 0.366. The number of aliphatic hydroxyl groups excluding tert-OH is 1. The maximum absolute atomic E-state index is 9.23. The molecule has 0 amide bonds. The summed E-state index contributed by atoms with van der Waals surface area (Å²) in [5.74, 6) is 0. The molecule has 0 saturated carbocycles. The molecule has 1 rings (SSSR count). The maximum atomic E-state index is 9.23. The number of hydrogen-bond donors (Lipinski definition) is 1. The number of ether oxygens (including phenoxy) is 1. The van der Waals surface area contributed by atoms with Gasteiger partial charge in [0, 0.05) is 4.91 Å². The Labute approximate surface area is 64.6 Å². The molecule has 3 atom stereocenters. The van der Waals surface area contributed by atoms with Gasteiger partial charge >= 0.3 is 0 Å². The Morgan fingerprint density at radius 1 is 1.82 bits per heavy atom. The van der Waals surface area contributed by atoms with Gasteiger partial charge in [-0.2, -0.15) is 0 Å². The lowest BCUT2D eigenvalue weighted by molar-refractivity contribution is 0.0862. The van der Waals surface area contributed by atoms with Crippen LogP contribution in [0.15, 0.2) is 5.11 Å². The van der Waals surface area contributed by atoms with Gasteiger partial charge in [0.05, 0.1) is 24.9 Å². The summed E-state index contributed by atoms with van der Waals surface area (Å²) >= 11 is 0. The van der Waals surface area contributed by atoms with Crippen LogP contribution in [0, 0.1) is 0 Å². The first-order valence-electron chi connectivity index (χ1n) is 3.63. The van der Waals surface area contributed by atoms with E-state index in [2.05, 4.69) is 10.0 Å². The molecule has 1 fully saturated rings. The minimum atomic E-state index is -0.629.